The number of nitrogens with zero attached hydrogens (tertiary/aromatic N) is 1. The Balaban J connectivity index is 1.39. The maximum Gasteiger partial charge on any atom is 0.407 e. The van der Waals surface area contributed by atoms with Crippen LogP contribution in [0.25, 0.3) is 10.8 Å². The van der Waals surface area contributed by atoms with Gasteiger partial charge in [0.2, 0.25) is 0 Å². The van der Waals surface area contributed by atoms with Gasteiger partial charge in [0.1, 0.15) is 5.60 Å². The number of benzene rings is 2. The summed E-state index contributed by atoms with van der Waals surface area (Å²) in [6.07, 6.45) is -0.492. The molecule has 0 spiro atoms. The summed E-state index contributed by atoms with van der Waals surface area (Å²) in [5.74, 6) is -0.710. The molecule has 1 aliphatic heterocycles. The Bertz CT molecular complexity index is 992. The molecule has 0 atom stereocenters. The highest BCUT2D eigenvalue weighted by molar-refractivity contribution is 6.26. The largest absolute Gasteiger partial charge is 0.444 e. The lowest BCUT2D eigenvalue weighted by atomic mass is 9.93. The van der Waals surface area contributed by atoms with E-state index in [9.17, 15) is 14.4 Å². The smallest absolute Gasteiger partial charge is 0.407 e. The molecule has 32 heavy (non-hydrogen) atoms. The molecular weight excluding hydrogens is 414 g/mol. The molecule has 9 nitrogen and oxygen atoms in total. The molecule has 0 unspecified atom stereocenters. The van der Waals surface area contributed by atoms with Crippen LogP contribution in [0, 0.1) is 0 Å². The van der Waals surface area contributed by atoms with Crippen LogP contribution in [-0.2, 0) is 14.2 Å². The number of nitrogen functional groups attached to an aromatic ring is 1. The highest BCUT2D eigenvalue weighted by atomic mass is 16.6. The highest BCUT2D eigenvalue weighted by Crippen LogP contribution is 2.33. The lowest BCUT2D eigenvalue weighted by Crippen LogP contribution is -2.42. The summed E-state index contributed by atoms with van der Waals surface area (Å²) >= 11 is 0. The van der Waals surface area contributed by atoms with Gasteiger partial charge in [0.15, 0.2) is 0 Å². The minimum Gasteiger partial charge on any atom is -0.444 e. The number of nitrogens with two attached hydrogens (primary N) is 1. The fourth-order valence-electron chi connectivity index (χ4n) is 3.39. The summed E-state index contributed by atoms with van der Waals surface area (Å²) < 4.78 is 16.0. The van der Waals surface area contributed by atoms with Crippen molar-refractivity contribution in [2.24, 2.45) is 0 Å². The van der Waals surface area contributed by atoms with Crippen LogP contribution in [0.15, 0.2) is 30.3 Å². The van der Waals surface area contributed by atoms with Gasteiger partial charge in [-0.1, -0.05) is 12.1 Å². The van der Waals surface area contributed by atoms with Gasteiger partial charge < -0.3 is 25.3 Å². The first-order valence-electron chi connectivity index (χ1n) is 10.5. The second-order valence-corrected chi connectivity index (χ2v) is 8.35. The van der Waals surface area contributed by atoms with E-state index in [1.165, 1.54) is 4.90 Å². The van der Waals surface area contributed by atoms with E-state index >= 15 is 0 Å². The van der Waals surface area contributed by atoms with Crippen molar-refractivity contribution >= 4 is 34.4 Å². The zero-order valence-electron chi connectivity index (χ0n) is 18.6. The Kier molecular flexibility index (Phi) is 7.32. The predicted octanol–water partition coefficient (Wildman–Crippen LogP) is 2.58. The van der Waals surface area contributed by atoms with Crippen LogP contribution < -0.4 is 11.1 Å². The van der Waals surface area contributed by atoms with E-state index < -0.39 is 11.7 Å². The normalized spacial score (nSPS) is 13.5. The number of imide groups is 1. The van der Waals surface area contributed by atoms with Gasteiger partial charge in [-0.3, -0.25) is 14.5 Å². The third-order valence-corrected chi connectivity index (χ3v) is 4.77. The number of nitrogens with one attached hydrogen (secondary N) is 1. The van der Waals surface area contributed by atoms with Crippen LogP contribution in [-0.4, -0.2) is 67.9 Å². The second kappa shape index (κ2) is 9.97. The van der Waals surface area contributed by atoms with Gasteiger partial charge in [0, 0.05) is 34.1 Å². The highest BCUT2D eigenvalue weighted by Gasteiger charge is 2.32. The van der Waals surface area contributed by atoms with Crippen molar-refractivity contribution in [2.75, 3.05) is 45.3 Å². The molecule has 2 aromatic rings. The number of carbonyl (C=O) groups excluding carboxylic acids is 3. The maximum absolute atomic E-state index is 12.8. The molecule has 9 heteroatoms. The SMILES string of the molecule is CC(C)(C)OC(=O)NCCOCCOCCN1C(=O)c2cccc3c(N)ccc(c23)C1=O. The number of alkyl carbamates (subject to hydrolysis) is 1. The van der Waals surface area contributed by atoms with Crippen molar-refractivity contribution in [3.8, 4) is 0 Å². The van der Waals surface area contributed by atoms with Crippen molar-refractivity contribution in [3.63, 3.8) is 0 Å². The molecule has 0 aliphatic carbocycles. The standard InChI is InChI=1S/C23H29N3O6/c1-23(2,3)32-22(29)25-9-11-30-13-14-31-12-10-26-20(27)16-6-4-5-15-18(24)8-7-17(19(15)16)21(26)28/h4-8H,9-14,24H2,1-3H3,(H,25,29). The van der Waals surface area contributed by atoms with Crippen molar-refractivity contribution in [1.82, 2.24) is 10.2 Å². The molecule has 3 rings (SSSR count). The summed E-state index contributed by atoms with van der Waals surface area (Å²) in [5.41, 5.74) is 6.91. The zero-order chi connectivity index (χ0) is 23.3. The average molecular weight is 444 g/mol. The van der Waals surface area contributed by atoms with Crippen LogP contribution in [0.5, 0.6) is 0 Å². The van der Waals surface area contributed by atoms with Crippen LogP contribution in [0.3, 0.4) is 0 Å². The molecule has 3 amide bonds. The molecule has 0 saturated heterocycles. The van der Waals surface area contributed by atoms with E-state index in [0.29, 0.717) is 54.0 Å². The molecule has 0 bridgehead atoms. The topological polar surface area (TPSA) is 120 Å². The van der Waals surface area contributed by atoms with Crippen molar-refractivity contribution < 1.29 is 28.6 Å². The first kappa shape index (κ1) is 23.5. The molecule has 1 heterocycles. The second-order valence-electron chi connectivity index (χ2n) is 8.35. The molecule has 2 aromatic carbocycles. The monoisotopic (exact) mass is 443 g/mol. The first-order chi connectivity index (χ1) is 15.2. The Morgan fingerprint density at radius 3 is 2.31 bits per heavy atom. The summed E-state index contributed by atoms with van der Waals surface area (Å²) in [5, 5.41) is 3.91. The summed E-state index contributed by atoms with van der Waals surface area (Å²) in [4.78, 5) is 38.4. The number of rotatable bonds is 9. The van der Waals surface area contributed by atoms with Gasteiger partial charge in [-0.05, 0) is 39.0 Å². The molecule has 3 N–H and O–H groups in total. The number of ether oxygens (including phenoxy) is 3. The number of anilines is 1. The van der Waals surface area contributed by atoms with E-state index in [-0.39, 0.29) is 25.0 Å². The van der Waals surface area contributed by atoms with E-state index in [0.717, 1.165) is 0 Å². The minimum absolute atomic E-state index is 0.137. The maximum atomic E-state index is 12.8. The van der Waals surface area contributed by atoms with Gasteiger partial charge >= 0.3 is 6.09 Å². The van der Waals surface area contributed by atoms with Crippen LogP contribution >= 0.6 is 0 Å². The average Bonchev–Trinajstić information content (AvgIpc) is 2.72. The van der Waals surface area contributed by atoms with Gasteiger partial charge in [0.05, 0.1) is 33.0 Å². The van der Waals surface area contributed by atoms with Gasteiger partial charge in [-0.15, -0.1) is 0 Å². The number of hydrogen-bond acceptors (Lipinski definition) is 7. The van der Waals surface area contributed by atoms with Gasteiger partial charge in [-0.25, -0.2) is 4.79 Å². The first-order valence-corrected chi connectivity index (χ1v) is 10.5. The summed E-state index contributed by atoms with van der Waals surface area (Å²) in [7, 11) is 0. The Morgan fingerprint density at radius 2 is 1.62 bits per heavy atom. The van der Waals surface area contributed by atoms with Crippen LogP contribution in [0.2, 0.25) is 0 Å². The number of amides is 3. The van der Waals surface area contributed by atoms with Crippen LogP contribution in [0.1, 0.15) is 41.5 Å². The lowest BCUT2D eigenvalue weighted by Gasteiger charge is -2.27. The molecule has 0 radical (unpaired) electrons. The van der Waals surface area contributed by atoms with Crippen LogP contribution in [0.4, 0.5) is 10.5 Å². The quantitative estimate of drug-likeness (QED) is 0.347. The summed E-state index contributed by atoms with van der Waals surface area (Å²) in [6.45, 7) is 6.96. The Hall–Kier alpha value is -3.17. The minimum atomic E-state index is -0.544. The molecule has 0 aromatic heterocycles. The molecule has 0 fully saturated rings. The third-order valence-electron chi connectivity index (χ3n) is 4.77. The van der Waals surface area contributed by atoms with Gasteiger partial charge in [-0.2, -0.15) is 0 Å². The fraction of sp³-hybridized carbons (Fsp3) is 0.435. The van der Waals surface area contributed by atoms with E-state index in [1.54, 1.807) is 51.1 Å². The Labute approximate surface area is 186 Å². The lowest BCUT2D eigenvalue weighted by molar-refractivity contribution is 0.0310. The summed E-state index contributed by atoms with van der Waals surface area (Å²) in [6, 6.07) is 8.60. The Morgan fingerprint density at radius 1 is 0.969 bits per heavy atom. The van der Waals surface area contributed by atoms with Crippen molar-refractivity contribution in [2.45, 2.75) is 26.4 Å². The van der Waals surface area contributed by atoms with Gasteiger partial charge in [0.25, 0.3) is 11.8 Å². The molecule has 172 valence electrons. The molecular formula is C23H29N3O6. The number of carbonyl (C=O) groups is 3. The molecule has 0 saturated carbocycles. The fourth-order valence-corrected chi connectivity index (χ4v) is 3.39. The predicted molar refractivity (Wildman–Crippen MR) is 120 cm³/mol. The van der Waals surface area contributed by atoms with Crippen molar-refractivity contribution in [1.29, 1.82) is 0 Å². The van der Waals surface area contributed by atoms with E-state index in [1.807, 2.05) is 0 Å². The third kappa shape index (κ3) is 5.54. The van der Waals surface area contributed by atoms with Crippen molar-refractivity contribution in [3.05, 3.63) is 41.5 Å². The number of hydrogen-bond donors (Lipinski definition) is 2. The van der Waals surface area contributed by atoms with E-state index in [2.05, 4.69) is 5.32 Å². The van der Waals surface area contributed by atoms with E-state index in [4.69, 9.17) is 19.9 Å². The zero-order valence-corrected chi connectivity index (χ0v) is 18.6. The molecule has 1 aliphatic rings.